The van der Waals surface area contributed by atoms with Crippen LogP contribution in [0.15, 0.2) is 42.5 Å². The fraction of sp³-hybridized carbons (Fsp3) is 0.300. The Morgan fingerprint density at radius 1 is 0.609 bits per heavy atom. The van der Waals surface area contributed by atoms with E-state index in [9.17, 15) is 0 Å². The zero-order valence-electron chi connectivity index (χ0n) is 14.0. The van der Waals surface area contributed by atoms with Gasteiger partial charge in [-0.15, -0.1) is 0 Å². The minimum absolute atomic E-state index is 0.637. The average Bonchev–Trinajstić information content (AvgIpc) is 2.55. The maximum atomic E-state index is 5.60. The molecule has 0 bridgehead atoms. The van der Waals surface area contributed by atoms with E-state index in [4.69, 9.17) is 14.2 Å². The molecule has 3 heteroatoms. The summed E-state index contributed by atoms with van der Waals surface area (Å²) >= 11 is 0. The second-order valence-corrected chi connectivity index (χ2v) is 4.94. The van der Waals surface area contributed by atoms with Gasteiger partial charge in [-0.25, -0.2) is 0 Å². The van der Waals surface area contributed by atoms with Crippen LogP contribution in [0.3, 0.4) is 0 Å². The van der Waals surface area contributed by atoms with Crippen LogP contribution in [0.5, 0.6) is 17.2 Å². The summed E-state index contributed by atoms with van der Waals surface area (Å²) in [6, 6.07) is 14.0. The Hall–Kier alpha value is -2.42. The van der Waals surface area contributed by atoms with Gasteiger partial charge < -0.3 is 14.2 Å². The Balaban J connectivity index is 2.16. The second kappa shape index (κ2) is 8.89. The lowest BCUT2D eigenvalue weighted by molar-refractivity contribution is 0.323. The first kappa shape index (κ1) is 16.9. The molecule has 0 aliphatic carbocycles. The van der Waals surface area contributed by atoms with Crippen LogP contribution in [0.1, 0.15) is 31.9 Å². The molecule has 0 heterocycles. The van der Waals surface area contributed by atoms with Crippen LogP contribution in [0.2, 0.25) is 0 Å². The van der Waals surface area contributed by atoms with E-state index in [2.05, 4.69) is 12.2 Å². The Morgan fingerprint density at radius 2 is 1.09 bits per heavy atom. The van der Waals surface area contributed by atoms with E-state index in [1.807, 2.05) is 63.2 Å². The van der Waals surface area contributed by atoms with Crippen LogP contribution in [0, 0.1) is 0 Å². The summed E-state index contributed by atoms with van der Waals surface area (Å²) in [6.07, 6.45) is 4.12. The van der Waals surface area contributed by atoms with Crippen molar-refractivity contribution >= 4 is 12.2 Å². The first-order chi connectivity index (χ1) is 11.2. The Labute approximate surface area is 138 Å². The van der Waals surface area contributed by atoms with Crippen molar-refractivity contribution in [3.63, 3.8) is 0 Å². The van der Waals surface area contributed by atoms with E-state index in [-0.39, 0.29) is 0 Å². The van der Waals surface area contributed by atoms with Gasteiger partial charge in [0.05, 0.1) is 19.8 Å². The van der Waals surface area contributed by atoms with E-state index in [1.165, 1.54) is 0 Å². The number of hydrogen-bond donors (Lipinski definition) is 0. The lowest BCUT2D eigenvalue weighted by Crippen LogP contribution is -1.95. The Kier molecular flexibility index (Phi) is 6.55. The molecule has 3 nitrogen and oxygen atoms in total. The fourth-order valence-electron chi connectivity index (χ4n) is 2.22. The molecule has 23 heavy (non-hydrogen) atoms. The van der Waals surface area contributed by atoms with Crippen LogP contribution in [0.25, 0.3) is 12.2 Å². The molecule has 0 atom stereocenters. The van der Waals surface area contributed by atoms with Gasteiger partial charge in [-0.1, -0.05) is 24.3 Å². The Bertz CT molecular complexity index is 606. The minimum atomic E-state index is 0.637. The molecule has 0 saturated heterocycles. The molecule has 0 amide bonds. The molecular formula is C20H24O3. The standard InChI is InChI=1S/C20H24O3/c1-4-21-18-11-9-16(10-12-18)7-8-17-13-19(22-5-2)15-20(14-17)23-6-3/h7-15H,4-6H2,1-3H3/b8-7+. The van der Waals surface area contributed by atoms with Gasteiger partial charge in [0.15, 0.2) is 0 Å². The monoisotopic (exact) mass is 312 g/mol. The topological polar surface area (TPSA) is 27.7 Å². The Morgan fingerprint density at radius 3 is 1.61 bits per heavy atom. The smallest absolute Gasteiger partial charge is 0.123 e. The van der Waals surface area contributed by atoms with Gasteiger partial charge >= 0.3 is 0 Å². The van der Waals surface area contributed by atoms with Gasteiger partial charge in [0, 0.05) is 6.07 Å². The summed E-state index contributed by atoms with van der Waals surface area (Å²) in [5.41, 5.74) is 2.17. The van der Waals surface area contributed by atoms with Gasteiger partial charge in [-0.2, -0.15) is 0 Å². The van der Waals surface area contributed by atoms with Crippen molar-refractivity contribution in [1.29, 1.82) is 0 Å². The molecule has 0 aliphatic heterocycles. The third kappa shape index (κ3) is 5.37. The number of hydrogen-bond acceptors (Lipinski definition) is 3. The molecule has 2 aromatic carbocycles. The van der Waals surface area contributed by atoms with Crippen LogP contribution < -0.4 is 14.2 Å². The first-order valence-corrected chi connectivity index (χ1v) is 8.06. The summed E-state index contributed by atoms with van der Waals surface area (Å²) in [5.74, 6) is 2.54. The molecule has 0 radical (unpaired) electrons. The van der Waals surface area contributed by atoms with Gasteiger partial charge in [0.1, 0.15) is 17.2 Å². The largest absolute Gasteiger partial charge is 0.494 e. The van der Waals surface area contributed by atoms with E-state index >= 15 is 0 Å². The second-order valence-electron chi connectivity index (χ2n) is 4.94. The van der Waals surface area contributed by atoms with Gasteiger partial charge in [0.25, 0.3) is 0 Å². The van der Waals surface area contributed by atoms with Crippen LogP contribution in [-0.2, 0) is 0 Å². The van der Waals surface area contributed by atoms with Crippen molar-refractivity contribution in [2.75, 3.05) is 19.8 Å². The molecule has 0 spiro atoms. The molecular weight excluding hydrogens is 288 g/mol. The molecule has 0 N–H and O–H groups in total. The zero-order valence-corrected chi connectivity index (χ0v) is 14.0. The van der Waals surface area contributed by atoms with Crippen molar-refractivity contribution in [3.05, 3.63) is 53.6 Å². The normalized spacial score (nSPS) is 10.7. The lowest BCUT2D eigenvalue weighted by Gasteiger charge is -2.09. The van der Waals surface area contributed by atoms with Gasteiger partial charge in [-0.3, -0.25) is 0 Å². The minimum Gasteiger partial charge on any atom is -0.494 e. The van der Waals surface area contributed by atoms with E-state index < -0.39 is 0 Å². The molecule has 2 aromatic rings. The number of rotatable bonds is 8. The molecule has 0 saturated carbocycles. The maximum Gasteiger partial charge on any atom is 0.123 e. The molecule has 0 unspecified atom stereocenters. The molecule has 0 aromatic heterocycles. The quantitative estimate of drug-likeness (QED) is 0.638. The molecule has 0 aliphatic rings. The zero-order chi connectivity index (χ0) is 16.5. The van der Waals surface area contributed by atoms with Gasteiger partial charge in [-0.05, 0) is 56.2 Å². The average molecular weight is 312 g/mol. The third-order valence-corrected chi connectivity index (χ3v) is 3.18. The predicted octanol–water partition coefficient (Wildman–Crippen LogP) is 5.05. The summed E-state index contributed by atoms with van der Waals surface area (Å²) in [4.78, 5) is 0. The number of ether oxygens (including phenoxy) is 3. The van der Waals surface area contributed by atoms with Crippen LogP contribution >= 0.6 is 0 Å². The predicted molar refractivity (Wildman–Crippen MR) is 95.3 cm³/mol. The van der Waals surface area contributed by atoms with Crippen molar-refractivity contribution in [2.45, 2.75) is 20.8 Å². The van der Waals surface area contributed by atoms with Gasteiger partial charge in [0.2, 0.25) is 0 Å². The van der Waals surface area contributed by atoms with Crippen LogP contribution in [-0.4, -0.2) is 19.8 Å². The third-order valence-electron chi connectivity index (χ3n) is 3.18. The number of benzene rings is 2. The van der Waals surface area contributed by atoms with Crippen molar-refractivity contribution in [2.24, 2.45) is 0 Å². The van der Waals surface area contributed by atoms with Crippen molar-refractivity contribution < 1.29 is 14.2 Å². The SMILES string of the molecule is CCOc1ccc(/C=C/c2cc(OCC)cc(OCC)c2)cc1. The van der Waals surface area contributed by atoms with E-state index in [0.29, 0.717) is 19.8 Å². The molecule has 122 valence electrons. The highest BCUT2D eigenvalue weighted by molar-refractivity contribution is 5.71. The summed E-state index contributed by atoms with van der Waals surface area (Å²) in [6.45, 7) is 7.88. The molecule has 2 rings (SSSR count). The summed E-state index contributed by atoms with van der Waals surface area (Å²) < 4.78 is 16.6. The fourth-order valence-corrected chi connectivity index (χ4v) is 2.22. The lowest BCUT2D eigenvalue weighted by atomic mass is 10.1. The highest BCUT2D eigenvalue weighted by Gasteiger charge is 2.01. The first-order valence-electron chi connectivity index (χ1n) is 8.06. The maximum absolute atomic E-state index is 5.60. The van der Waals surface area contributed by atoms with E-state index in [0.717, 1.165) is 28.4 Å². The van der Waals surface area contributed by atoms with Crippen molar-refractivity contribution in [1.82, 2.24) is 0 Å². The van der Waals surface area contributed by atoms with Crippen LogP contribution in [0.4, 0.5) is 0 Å². The molecule has 0 fully saturated rings. The van der Waals surface area contributed by atoms with Crippen molar-refractivity contribution in [3.8, 4) is 17.2 Å². The summed E-state index contributed by atoms with van der Waals surface area (Å²) in [5, 5.41) is 0. The highest BCUT2D eigenvalue weighted by atomic mass is 16.5. The van der Waals surface area contributed by atoms with E-state index in [1.54, 1.807) is 0 Å². The summed E-state index contributed by atoms with van der Waals surface area (Å²) in [7, 11) is 0. The highest BCUT2D eigenvalue weighted by Crippen LogP contribution is 2.25.